The van der Waals surface area contributed by atoms with Gasteiger partial charge in [0.25, 0.3) is 5.91 Å². The number of carbonyl (C=O) groups excluding carboxylic acids is 2. The van der Waals surface area contributed by atoms with Gasteiger partial charge in [0.15, 0.2) is 5.71 Å². The van der Waals surface area contributed by atoms with E-state index in [0.29, 0.717) is 11.1 Å². The van der Waals surface area contributed by atoms with Crippen LogP contribution in [0.25, 0.3) is 0 Å². The van der Waals surface area contributed by atoms with Crippen LogP contribution in [0.15, 0.2) is 65.8 Å². The Morgan fingerprint density at radius 1 is 0.905 bits per heavy atom. The maximum Gasteiger partial charge on any atom is 0.359 e. The van der Waals surface area contributed by atoms with Gasteiger partial charge in [0, 0.05) is 11.1 Å². The SMILES string of the molecule is COC(=O)C(=NNC(=O)c1ccccc1)c1ccccc1. The van der Waals surface area contributed by atoms with Crippen LogP contribution in [-0.2, 0) is 9.53 Å². The molecular weight excluding hydrogens is 268 g/mol. The van der Waals surface area contributed by atoms with E-state index in [4.69, 9.17) is 0 Å². The number of benzene rings is 2. The summed E-state index contributed by atoms with van der Waals surface area (Å²) in [4.78, 5) is 23.7. The van der Waals surface area contributed by atoms with Crippen LogP contribution < -0.4 is 5.43 Å². The fourth-order valence-corrected chi connectivity index (χ4v) is 1.68. The molecule has 0 saturated heterocycles. The highest BCUT2D eigenvalue weighted by molar-refractivity contribution is 6.43. The van der Waals surface area contributed by atoms with Gasteiger partial charge < -0.3 is 4.74 Å². The molecule has 0 radical (unpaired) electrons. The van der Waals surface area contributed by atoms with Crippen LogP contribution in [0.3, 0.4) is 0 Å². The zero-order valence-electron chi connectivity index (χ0n) is 11.4. The molecule has 0 aliphatic carbocycles. The Balaban J connectivity index is 2.22. The Bertz CT molecular complexity index is 652. The van der Waals surface area contributed by atoms with Gasteiger partial charge in [-0.25, -0.2) is 10.2 Å². The second kappa shape index (κ2) is 7.00. The van der Waals surface area contributed by atoms with Crippen molar-refractivity contribution in [3.63, 3.8) is 0 Å². The quantitative estimate of drug-likeness (QED) is 0.530. The molecule has 0 unspecified atom stereocenters. The van der Waals surface area contributed by atoms with Gasteiger partial charge in [-0.3, -0.25) is 4.79 Å². The topological polar surface area (TPSA) is 67.8 Å². The van der Waals surface area contributed by atoms with E-state index in [-0.39, 0.29) is 5.71 Å². The van der Waals surface area contributed by atoms with E-state index in [1.54, 1.807) is 48.5 Å². The lowest BCUT2D eigenvalue weighted by atomic mass is 10.1. The molecule has 0 saturated carbocycles. The highest BCUT2D eigenvalue weighted by Crippen LogP contribution is 2.03. The van der Waals surface area contributed by atoms with Gasteiger partial charge >= 0.3 is 5.97 Å². The third-order valence-electron chi connectivity index (χ3n) is 2.73. The van der Waals surface area contributed by atoms with Crippen molar-refractivity contribution in [1.29, 1.82) is 0 Å². The Morgan fingerprint density at radius 2 is 1.43 bits per heavy atom. The molecule has 2 rings (SSSR count). The largest absolute Gasteiger partial charge is 0.464 e. The first-order valence-electron chi connectivity index (χ1n) is 6.29. The molecule has 106 valence electrons. The molecule has 0 fully saturated rings. The van der Waals surface area contributed by atoms with Crippen molar-refractivity contribution in [3.05, 3.63) is 71.8 Å². The molecule has 21 heavy (non-hydrogen) atoms. The monoisotopic (exact) mass is 282 g/mol. The summed E-state index contributed by atoms with van der Waals surface area (Å²) in [5, 5.41) is 3.88. The highest BCUT2D eigenvalue weighted by Gasteiger charge is 2.15. The third kappa shape index (κ3) is 3.76. The molecule has 0 heterocycles. The van der Waals surface area contributed by atoms with E-state index < -0.39 is 11.9 Å². The molecule has 2 aromatic carbocycles. The molecule has 5 heteroatoms. The fourth-order valence-electron chi connectivity index (χ4n) is 1.68. The number of esters is 1. The molecule has 0 aliphatic heterocycles. The lowest BCUT2D eigenvalue weighted by molar-refractivity contribution is -0.132. The van der Waals surface area contributed by atoms with E-state index in [1.807, 2.05) is 12.1 Å². The number of nitrogens with one attached hydrogen (secondary N) is 1. The summed E-state index contributed by atoms with van der Waals surface area (Å²) < 4.78 is 4.68. The number of hydrogen-bond donors (Lipinski definition) is 1. The number of ether oxygens (including phenoxy) is 1. The summed E-state index contributed by atoms with van der Waals surface area (Å²) in [6.45, 7) is 0. The maximum atomic E-state index is 11.9. The summed E-state index contributed by atoms with van der Waals surface area (Å²) in [5.74, 6) is -1.01. The zero-order valence-corrected chi connectivity index (χ0v) is 11.4. The first-order chi connectivity index (χ1) is 10.2. The summed E-state index contributed by atoms with van der Waals surface area (Å²) in [6.07, 6.45) is 0. The average molecular weight is 282 g/mol. The smallest absolute Gasteiger partial charge is 0.359 e. The minimum absolute atomic E-state index is 0.0439. The Morgan fingerprint density at radius 3 is 1.95 bits per heavy atom. The Kier molecular flexibility index (Phi) is 4.82. The molecule has 1 N–H and O–H groups in total. The van der Waals surface area contributed by atoms with E-state index in [0.717, 1.165) is 0 Å². The van der Waals surface area contributed by atoms with E-state index in [2.05, 4.69) is 15.3 Å². The summed E-state index contributed by atoms with van der Waals surface area (Å²) in [5.41, 5.74) is 3.43. The number of carbonyl (C=O) groups is 2. The molecule has 1 amide bonds. The second-order valence-corrected chi connectivity index (χ2v) is 4.12. The van der Waals surface area contributed by atoms with Crippen LogP contribution in [0.4, 0.5) is 0 Å². The predicted octanol–water partition coefficient (Wildman–Crippen LogP) is 1.99. The molecule has 0 aromatic heterocycles. The van der Waals surface area contributed by atoms with Gasteiger partial charge in [-0.2, -0.15) is 5.10 Å². The minimum Gasteiger partial charge on any atom is -0.464 e. The van der Waals surface area contributed by atoms with Crippen molar-refractivity contribution in [2.45, 2.75) is 0 Å². The van der Waals surface area contributed by atoms with Gasteiger partial charge in [0.1, 0.15) is 0 Å². The van der Waals surface area contributed by atoms with E-state index in [9.17, 15) is 9.59 Å². The van der Waals surface area contributed by atoms with Crippen molar-refractivity contribution in [1.82, 2.24) is 5.43 Å². The number of methoxy groups -OCH3 is 1. The van der Waals surface area contributed by atoms with Gasteiger partial charge in [-0.1, -0.05) is 48.5 Å². The molecule has 5 nitrogen and oxygen atoms in total. The first-order valence-corrected chi connectivity index (χ1v) is 6.29. The average Bonchev–Trinajstić information content (AvgIpc) is 2.56. The highest BCUT2D eigenvalue weighted by atomic mass is 16.5. The normalized spacial score (nSPS) is 10.8. The zero-order chi connectivity index (χ0) is 15.1. The number of rotatable bonds is 4. The number of amides is 1. The van der Waals surface area contributed by atoms with E-state index in [1.165, 1.54) is 7.11 Å². The van der Waals surface area contributed by atoms with Crippen LogP contribution in [0.1, 0.15) is 15.9 Å². The summed E-state index contributed by atoms with van der Waals surface area (Å²) in [7, 11) is 1.26. The van der Waals surface area contributed by atoms with E-state index >= 15 is 0 Å². The number of hydrogen-bond acceptors (Lipinski definition) is 4. The molecule has 0 atom stereocenters. The maximum absolute atomic E-state index is 11.9. The van der Waals surface area contributed by atoms with Crippen LogP contribution in [0, 0.1) is 0 Å². The fraction of sp³-hybridized carbons (Fsp3) is 0.0625. The standard InChI is InChI=1S/C16H14N2O3/c1-21-16(20)14(12-8-4-2-5-9-12)17-18-15(19)13-10-6-3-7-11-13/h2-11H,1H3,(H,18,19). The summed E-state index contributed by atoms with van der Waals surface area (Å²) >= 11 is 0. The molecule has 0 aliphatic rings. The summed E-state index contributed by atoms with van der Waals surface area (Å²) in [6, 6.07) is 17.4. The third-order valence-corrected chi connectivity index (χ3v) is 2.73. The molecule has 0 bridgehead atoms. The van der Waals surface area contributed by atoms with Crippen LogP contribution in [0.5, 0.6) is 0 Å². The van der Waals surface area contributed by atoms with Crippen molar-refractivity contribution < 1.29 is 14.3 Å². The van der Waals surface area contributed by atoms with Gasteiger partial charge in [0.2, 0.25) is 0 Å². The molecule has 0 spiro atoms. The number of hydrazone groups is 1. The Labute approximate surface area is 122 Å². The second-order valence-electron chi connectivity index (χ2n) is 4.12. The lowest BCUT2D eigenvalue weighted by Crippen LogP contribution is -2.25. The van der Waals surface area contributed by atoms with Gasteiger partial charge in [0.05, 0.1) is 7.11 Å². The van der Waals surface area contributed by atoms with Gasteiger partial charge in [-0.05, 0) is 12.1 Å². The lowest BCUT2D eigenvalue weighted by Gasteiger charge is -2.05. The predicted molar refractivity (Wildman–Crippen MR) is 78.9 cm³/mol. The first kappa shape index (κ1) is 14.5. The number of nitrogens with zero attached hydrogens (tertiary/aromatic N) is 1. The minimum atomic E-state index is -0.616. The van der Waals surface area contributed by atoms with Crippen LogP contribution >= 0.6 is 0 Å². The Hall–Kier alpha value is -2.95. The van der Waals surface area contributed by atoms with Crippen LogP contribution in [0.2, 0.25) is 0 Å². The molecular formula is C16H14N2O3. The molecule has 2 aromatic rings. The van der Waals surface area contributed by atoms with Crippen molar-refractivity contribution in [2.75, 3.05) is 7.11 Å². The van der Waals surface area contributed by atoms with Crippen molar-refractivity contribution in [3.8, 4) is 0 Å². The van der Waals surface area contributed by atoms with Gasteiger partial charge in [-0.15, -0.1) is 0 Å². The van der Waals surface area contributed by atoms with Crippen molar-refractivity contribution >= 4 is 17.6 Å². The van der Waals surface area contributed by atoms with Crippen LogP contribution in [-0.4, -0.2) is 24.7 Å². The van der Waals surface area contributed by atoms with Crippen molar-refractivity contribution in [2.24, 2.45) is 5.10 Å².